The molecule has 0 amide bonds. The fourth-order valence-electron chi connectivity index (χ4n) is 2.86. The largest absolute Gasteiger partial charge is 0.220 e. The molecule has 1 aliphatic heterocycles. The maximum Gasteiger partial charge on any atom is 0.220 e. The molecule has 2 heterocycles. The minimum atomic E-state index is 1.10. The Morgan fingerprint density at radius 1 is 0.875 bits per heavy atom. The Balaban J connectivity index is 2.40. The summed E-state index contributed by atoms with van der Waals surface area (Å²) >= 11 is 0. The lowest BCUT2D eigenvalue weighted by atomic mass is 9.96. The molecule has 1 aliphatic rings. The minimum absolute atomic E-state index is 1.10. The number of rotatable bonds is 0. The van der Waals surface area contributed by atoms with Crippen molar-refractivity contribution in [1.29, 1.82) is 0 Å². The van der Waals surface area contributed by atoms with Gasteiger partial charge in [-0.05, 0) is 23.1 Å². The molecule has 1 aromatic heterocycles. The Kier molecular flexibility index (Phi) is 1.46. The quantitative estimate of drug-likeness (QED) is 0.393. The maximum atomic E-state index is 2.38. The molecule has 0 saturated carbocycles. The second kappa shape index (κ2) is 2.82. The third kappa shape index (κ3) is 0.929. The van der Waals surface area contributed by atoms with Crippen LogP contribution in [0.5, 0.6) is 0 Å². The van der Waals surface area contributed by atoms with Crippen molar-refractivity contribution in [3.8, 4) is 0 Å². The van der Waals surface area contributed by atoms with Gasteiger partial charge < -0.3 is 0 Å². The molecule has 0 radical (unpaired) electrons. The van der Waals surface area contributed by atoms with E-state index in [2.05, 4.69) is 53.2 Å². The number of benzene rings is 2. The summed E-state index contributed by atoms with van der Waals surface area (Å²) in [5.41, 5.74) is 2.90. The highest BCUT2D eigenvalue weighted by atomic mass is 14.9. The molecule has 0 N–H and O–H groups in total. The van der Waals surface area contributed by atoms with E-state index in [9.17, 15) is 0 Å². The van der Waals surface area contributed by atoms with Gasteiger partial charge >= 0.3 is 0 Å². The lowest BCUT2D eigenvalue weighted by Gasteiger charge is -2.13. The van der Waals surface area contributed by atoms with Crippen LogP contribution in [0, 0.1) is 0 Å². The minimum Gasteiger partial charge on any atom is -0.197 e. The molecule has 0 bridgehead atoms. The first-order valence-corrected chi connectivity index (χ1v) is 5.76. The van der Waals surface area contributed by atoms with Gasteiger partial charge in [0.2, 0.25) is 5.52 Å². The second-order valence-corrected chi connectivity index (χ2v) is 4.47. The number of pyridine rings is 1. The molecule has 0 spiro atoms. The fourth-order valence-corrected chi connectivity index (χ4v) is 2.86. The molecule has 4 rings (SSSR count). The summed E-state index contributed by atoms with van der Waals surface area (Å²) in [5.74, 6) is 0. The van der Waals surface area contributed by atoms with Gasteiger partial charge in [0.15, 0.2) is 12.7 Å². The van der Waals surface area contributed by atoms with E-state index in [1.165, 1.54) is 27.2 Å². The number of hydrogen-bond acceptors (Lipinski definition) is 0. The van der Waals surface area contributed by atoms with Gasteiger partial charge in [0.05, 0.1) is 5.39 Å². The molecule has 16 heavy (non-hydrogen) atoms. The molecule has 0 atom stereocenters. The van der Waals surface area contributed by atoms with Gasteiger partial charge in [0.1, 0.15) is 0 Å². The highest BCUT2D eigenvalue weighted by molar-refractivity contribution is 6.05. The number of aryl methyl sites for hydroxylation is 2. The molecule has 0 aliphatic carbocycles. The molecular formula is C15H12N+. The average Bonchev–Trinajstić information content (AvgIpc) is 2.36. The SMILES string of the molecule is c1cc2c3c(c1)ccc1ccc[n+](c13)CC2. The zero-order valence-corrected chi connectivity index (χ0v) is 8.98. The van der Waals surface area contributed by atoms with E-state index in [0.29, 0.717) is 0 Å². The Morgan fingerprint density at radius 2 is 1.75 bits per heavy atom. The van der Waals surface area contributed by atoms with Crippen molar-refractivity contribution in [3.05, 3.63) is 54.2 Å². The van der Waals surface area contributed by atoms with Crippen LogP contribution in [0.15, 0.2) is 48.7 Å². The highest BCUT2D eigenvalue weighted by Crippen LogP contribution is 2.28. The van der Waals surface area contributed by atoms with Crippen molar-refractivity contribution >= 4 is 21.7 Å². The van der Waals surface area contributed by atoms with Crippen LogP contribution in [0.1, 0.15) is 5.56 Å². The van der Waals surface area contributed by atoms with E-state index in [-0.39, 0.29) is 0 Å². The Morgan fingerprint density at radius 3 is 2.75 bits per heavy atom. The average molecular weight is 206 g/mol. The molecular weight excluding hydrogens is 194 g/mol. The lowest BCUT2D eigenvalue weighted by molar-refractivity contribution is -0.671. The molecule has 3 aromatic rings. The van der Waals surface area contributed by atoms with Gasteiger partial charge in [0.25, 0.3) is 0 Å². The van der Waals surface area contributed by atoms with Crippen LogP contribution >= 0.6 is 0 Å². The Labute approximate surface area is 93.9 Å². The van der Waals surface area contributed by atoms with Crippen LogP contribution in [0.4, 0.5) is 0 Å². The first kappa shape index (κ1) is 8.28. The number of hydrogen-bond donors (Lipinski definition) is 0. The van der Waals surface area contributed by atoms with Crippen LogP contribution in [0.2, 0.25) is 0 Å². The Hall–Kier alpha value is -1.89. The molecule has 2 aromatic carbocycles. The van der Waals surface area contributed by atoms with Crippen LogP contribution in [-0.4, -0.2) is 0 Å². The van der Waals surface area contributed by atoms with Gasteiger partial charge in [-0.1, -0.05) is 24.3 Å². The highest BCUT2D eigenvalue weighted by Gasteiger charge is 2.19. The lowest BCUT2D eigenvalue weighted by Crippen LogP contribution is -2.37. The second-order valence-electron chi connectivity index (χ2n) is 4.47. The van der Waals surface area contributed by atoms with E-state index in [1.54, 1.807) is 0 Å². The molecule has 0 fully saturated rings. The zero-order valence-electron chi connectivity index (χ0n) is 8.98. The van der Waals surface area contributed by atoms with Crippen molar-refractivity contribution < 1.29 is 4.57 Å². The number of aromatic nitrogens is 1. The van der Waals surface area contributed by atoms with E-state index >= 15 is 0 Å². The normalized spacial score (nSPS) is 13.8. The van der Waals surface area contributed by atoms with Gasteiger partial charge in [-0.3, -0.25) is 0 Å². The van der Waals surface area contributed by atoms with Crippen molar-refractivity contribution in [2.45, 2.75) is 13.0 Å². The van der Waals surface area contributed by atoms with Crippen LogP contribution < -0.4 is 4.57 Å². The molecule has 0 unspecified atom stereocenters. The van der Waals surface area contributed by atoms with Gasteiger partial charge in [-0.2, -0.15) is 4.57 Å². The first-order chi connectivity index (χ1) is 7.93. The van der Waals surface area contributed by atoms with Crippen molar-refractivity contribution in [2.75, 3.05) is 0 Å². The smallest absolute Gasteiger partial charge is 0.197 e. The van der Waals surface area contributed by atoms with Crippen molar-refractivity contribution in [3.63, 3.8) is 0 Å². The molecule has 76 valence electrons. The predicted molar refractivity (Wildman–Crippen MR) is 65.4 cm³/mol. The third-order valence-corrected chi connectivity index (χ3v) is 3.59. The van der Waals surface area contributed by atoms with Crippen molar-refractivity contribution in [1.82, 2.24) is 0 Å². The summed E-state index contributed by atoms with van der Waals surface area (Å²) in [6.07, 6.45) is 3.34. The van der Waals surface area contributed by atoms with E-state index in [0.717, 1.165) is 13.0 Å². The van der Waals surface area contributed by atoms with Gasteiger partial charge in [0, 0.05) is 17.9 Å². The molecule has 1 nitrogen and oxygen atoms in total. The standard InChI is InChI=1S/C15H12N/c1-3-11-6-7-13-5-2-9-16-10-8-12(4-1)14(11)15(13)16/h1-7,9H,8,10H2/q+1. The monoisotopic (exact) mass is 206 g/mol. The van der Waals surface area contributed by atoms with Gasteiger partial charge in [-0.15, -0.1) is 0 Å². The van der Waals surface area contributed by atoms with E-state index < -0.39 is 0 Å². The predicted octanol–water partition coefficient (Wildman–Crippen LogP) is 2.84. The Bertz CT molecular complexity index is 650. The third-order valence-electron chi connectivity index (χ3n) is 3.59. The van der Waals surface area contributed by atoms with Gasteiger partial charge in [-0.25, -0.2) is 0 Å². The van der Waals surface area contributed by atoms with Crippen molar-refractivity contribution in [2.24, 2.45) is 0 Å². The first-order valence-electron chi connectivity index (χ1n) is 5.76. The summed E-state index contributed by atoms with van der Waals surface area (Å²) in [6, 6.07) is 15.4. The maximum absolute atomic E-state index is 2.38. The molecule has 0 saturated heterocycles. The van der Waals surface area contributed by atoms with E-state index in [1.807, 2.05) is 0 Å². The summed E-state index contributed by atoms with van der Waals surface area (Å²) in [4.78, 5) is 0. The summed E-state index contributed by atoms with van der Waals surface area (Å²) < 4.78 is 2.38. The summed E-state index contributed by atoms with van der Waals surface area (Å²) in [5, 5.41) is 4.17. The van der Waals surface area contributed by atoms with Crippen LogP contribution in [-0.2, 0) is 13.0 Å². The summed E-state index contributed by atoms with van der Waals surface area (Å²) in [7, 11) is 0. The van der Waals surface area contributed by atoms with Crippen LogP contribution in [0.3, 0.4) is 0 Å². The number of nitrogens with zero attached hydrogens (tertiary/aromatic N) is 1. The molecule has 1 heteroatoms. The van der Waals surface area contributed by atoms with Crippen LogP contribution in [0.25, 0.3) is 21.7 Å². The topological polar surface area (TPSA) is 3.88 Å². The summed E-state index contributed by atoms with van der Waals surface area (Å²) in [6.45, 7) is 1.10. The zero-order chi connectivity index (χ0) is 10.5. The van der Waals surface area contributed by atoms with E-state index in [4.69, 9.17) is 0 Å². The fraction of sp³-hybridized carbons (Fsp3) is 0.133.